The highest BCUT2D eigenvalue weighted by molar-refractivity contribution is 5.37. The number of rotatable bonds is 4. The van der Waals surface area contributed by atoms with Gasteiger partial charge in [-0.2, -0.15) is 0 Å². The molecule has 2 aromatic carbocycles. The predicted octanol–water partition coefficient (Wildman–Crippen LogP) is 4.93. The Kier molecular flexibility index (Phi) is 11.5. The van der Waals surface area contributed by atoms with Gasteiger partial charge in [0.05, 0.1) is 20.3 Å². The van der Waals surface area contributed by atoms with Crippen molar-refractivity contribution in [1.82, 2.24) is 15.5 Å². The minimum absolute atomic E-state index is 0.177. The van der Waals surface area contributed by atoms with E-state index in [0.717, 1.165) is 76.6 Å². The summed E-state index contributed by atoms with van der Waals surface area (Å²) in [4.78, 5) is 2.65. The Hall–Kier alpha value is -1.99. The molecule has 3 saturated heterocycles. The van der Waals surface area contributed by atoms with Crippen LogP contribution < -0.4 is 15.4 Å². The zero-order valence-electron chi connectivity index (χ0n) is 21.8. The smallest absolute Gasteiger partial charge is 0.123 e. The molecule has 0 aromatic heterocycles. The summed E-state index contributed by atoms with van der Waals surface area (Å²) in [6.45, 7) is 12.1. The van der Waals surface area contributed by atoms with E-state index in [-0.39, 0.29) is 11.4 Å². The Bertz CT molecular complexity index is 846. The van der Waals surface area contributed by atoms with Gasteiger partial charge in [0.15, 0.2) is 0 Å². The van der Waals surface area contributed by atoms with Crippen molar-refractivity contribution in [1.29, 1.82) is 0 Å². The first-order chi connectivity index (χ1) is 17.2. The van der Waals surface area contributed by atoms with Gasteiger partial charge in [0.2, 0.25) is 0 Å². The molecule has 3 aliphatic heterocycles. The molecule has 35 heavy (non-hydrogen) atoms. The second kappa shape index (κ2) is 14.5. The molecule has 3 fully saturated rings. The van der Waals surface area contributed by atoms with Gasteiger partial charge in [0.1, 0.15) is 11.6 Å². The van der Waals surface area contributed by atoms with Gasteiger partial charge in [-0.3, -0.25) is 4.90 Å². The first kappa shape index (κ1) is 27.6. The first-order valence-electron chi connectivity index (χ1n) is 13.4. The molecule has 3 heterocycles. The molecule has 0 aliphatic carbocycles. The maximum atomic E-state index is 13.2. The molecule has 0 atom stereocenters. The molecule has 2 aromatic rings. The van der Waals surface area contributed by atoms with Gasteiger partial charge >= 0.3 is 0 Å². The van der Waals surface area contributed by atoms with Gasteiger partial charge in [-0.25, -0.2) is 4.39 Å². The molecule has 0 bridgehead atoms. The molecule has 5 rings (SSSR count). The highest BCUT2D eigenvalue weighted by atomic mass is 19.1. The quantitative estimate of drug-likeness (QED) is 0.643. The Morgan fingerprint density at radius 3 is 2.17 bits per heavy atom. The van der Waals surface area contributed by atoms with Crippen LogP contribution in [0.1, 0.15) is 56.6 Å². The summed E-state index contributed by atoms with van der Waals surface area (Å²) in [5, 5.41) is 6.79. The lowest BCUT2D eigenvalue weighted by Crippen LogP contribution is -2.55. The van der Waals surface area contributed by atoms with Crippen LogP contribution in [0.3, 0.4) is 0 Å². The van der Waals surface area contributed by atoms with Crippen molar-refractivity contribution in [3.05, 3.63) is 65.5 Å². The third-order valence-electron chi connectivity index (χ3n) is 7.33. The number of piperidine rings is 2. The molecule has 2 N–H and O–H groups in total. The van der Waals surface area contributed by atoms with Crippen LogP contribution in [0.25, 0.3) is 0 Å². The number of morpholine rings is 1. The summed E-state index contributed by atoms with van der Waals surface area (Å²) < 4.78 is 23.9. The molecular formula is C29H44FN3O2. The van der Waals surface area contributed by atoms with Gasteiger partial charge in [0.25, 0.3) is 0 Å². The van der Waals surface area contributed by atoms with Crippen LogP contribution >= 0.6 is 0 Å². The summed E-state index contributed by atoms with van der Waals surface area (Å²) >= 11 is 0. The van der Waals surface area contributed by atoms with Crippen LogP contribution in [0.15, 0.2) is 48.5 Å². The number of methoxy groups -OCH3 is 1. The van der Waals surface area contributed by atoms with E-state index in [1.165, 1.54) is 24.5 Å². The Morgan fingerprint density at radius 2 is 1.54 bits per heavy atom. The van der Waals surface area contributed by atoms with E-state index in [9.17, 15) is 4.39 Å². The Morgan fingerprint density at radius 1 is 0.914 bits per heavy atom. The number of hydrogen-bond acceptors (Lipinski definition) is 5. The fourth-order valence-electron chi connectivity index (χ4n) is 5.52. The first-order valence-corrected chi connectivity index (χ1v) is 13.4. The lowest BCUT2D eigenvalue weighted by atomic mass is 9.79. The van der Waals surface area contributed by atoms with Crippen molar-refractivity contribution in [3.8, 4) is 5.75 Å². The molecular weight excluding hydrogens is 441 g/mol. The average molecular weight is 486 g/mol. The zero-order valence-corrected chi connectivity index (χ0v) is 21.8. The van der Waals surface area contributed by atoms with Gasteiger partial charge < -0.3 is 20.1 Å². The topological polar surface area (TPSA) is 45.8 Å². The van der Waals surface area contributed by atoms with E-state index in [2.05, 4.69) is 45.9 Å². The number of nitrogens with zero attached hydrogens (tertiary/aromatic N) is 1. The van der Waals surface area contributed by atoms with Crippen molar-refractivity contribution in [2.75, 3.05) is 59.6 Å². The van der Waals surface area contributed by atoms with Gasteiger partial charge in [0, 0.05) is 24.2 Å². The van der Waals surface area contributed by atoms with Gasteiger partial charge in [-0.15, -0.1) is 0 Å². The van der Waals surface area contributed by atoms with Crippen molar-refractivity contribution >= 4 is 0 Å². The molecule has 0 spiro atoms. The van der Waals surface area contributed by atoms with Crippen LogP contribution in [-0.4, -0.2) is 64.5 Å². The van der Waals surface area contributed by atoms with E-state index in [1.54, 1.807) is 19.2 Å². The van der Waals surface area contributed by atoms with E-state index in [1.807, 2.05) is 13.8 Å². The SMILES string of the molecule is CC.COc1ccc(F)cc1C1CCNCC1.c1ccc(C2(N3CCOCC3)CCNCC2)cc1. The second-order valence-electron chi connectivity index (χ2n) is 9.16. The number of halogens is 1. The largest absolute Gasteiger partial charge is 0.496 e. The molecule has 6 heteroatoms. The second-order valence-corrected chi connectivity index (χ2v) is 9.16. The fraction of sp³-hybridized carbons (Fsp3) is 0.586. The summed E-state index contributed by atoms with van der Waals surface area (Å²) in [7, 11) is 1.64. The molecule has 0 radical (unpaired) electrons. The zero-order chi connectivity index (χ0) is 24.9. The van der Waals surface area contributed by atoms with E-state index >= 15 is 0 Å². The average Bonchev–Trinajstić information content (AvgIpc) is 2.96. The Balaban J connectivity index is 0.000000186. The number of hydrogen-bond donors (Lipinski definition) is 2. The number of benzene rings is 2. The molecule has 0 unspecified atom stereocenters. The summed E-state index contributed by atoms with van der Waals surface area (Å²) in [6.07, 6.45) is 4.52. The van der Waals surface area contributed by atoms with E-state index in [0.29, 0.717) is 5.92 Å². The van der Waals surface area contributed by atoms with Crippen LogP contribution in [0.5, 0.6) is 5.75 Å². The molecule has 0 amide bonds. The van der Waals surface area contributed by atoms with Crippen LogP contribution in [0.2, 0.25) is 0 Å². The minimum atomic E-state index is -0.177. The van der Waals surface area contributed by atoms with Crippen molar-refractivity contribution < 1.29 is 13.9 Å². The highest BCUT2D eigenvalue weighted by Gasteiger charge is 2.39. The third kappa shape index (κ3) is 7.26. The maximum absolute atomic E-state index is 13.2. The molecule has 0 saturated carbocycles. The van der Waals surface area contributed by atoms with Crippen molar-refractivity contribution in [3.63, 3.8) is 0 Å². The predicted molar refractivity (Wildman–Crippen MR) is 142 cm³/mol. The van der Waals surface area contributed by atoms with Crippen LogP contribution in [-0.2, 0) is 10.3 Å². The highest BCUT2D eigenvalue weighted by Crippen LogP contribution is 2.37. The monoisotopic (exact) mass is 485 g/mol. The Labute approximate surface area is 211 Å². The van der Waals surface area contributed by atoms with Gasteiger partial charge in [-0.05, 0) is 81.5 Å². The number of ether oxygens (including phenoxy) is 2. The fourth-order valence-corrected chi connectivity index (χ4v) is 5.52. The van der Waals surface area contributed by atoms with E-state index in [4.69, 9.17) is 9.47 Å². The molecule has 3 aliphatic rings. The summed E-state index contributed by atoms with van der Waals surface area (Å²) in [6, 6.07) is 15.8. The van der Waals surface area contributed by atoms with Crippen LogP contribution in [0.4, 0.5) is 4.39 Å². The number of nitrogens with one attached hydrogen (secondary N) is 2. The van der Waals surface area contributed by atoms with Crippen molar-refractivity contribution in [2.45, 2.75) is 51.0 Å². The van der Waals surface area contributed by atoms with Crippen LogP contribution in [0, 0.1) is 5.82 Å². The van der Waals surface area contributed by atoms with Crippen molar-refractivity contribution in [2.24, 2.45) is 0 Å². The third-order valence-corrected chi connectivity index (χ3v) is 7.33. The normalized spacial score (nSPS) is 20.6. The van der Waals surface area contributed by atoms with Gasteiger partial charge in [-0.1, -0.05) is 44.2 Å². The summed E-state index contributed by atoms with van der Waals surface area (Å²) in [5.74, 6) is 1.06. The standard InChI is InChI=1S/C15H22N2O.C12H16FNO.C2H6/c1-2-4-14(5-3-1)15(6-8-16-9-7-15)17-10-12-18-13-11-17;1-15-12-3-2-10(13)8-11(12)9-4-6-14-7-5-9;1-2/h1-5,16H,6-13H2;2-3,8-9,14H,4-7H2,1H3;1-2H3. The molecule has 5 nitrogen and oxygen atoms in total. The lowest BCUT2D eigenvalue weighted by molar-refractivity contribution is -0.0375. The molecule has 194 valence electrons. The van der Waals surface area contributed by atoms with E-state index < -0.39 is 0 Å². The summed E-state index contributed by atoms with van der Waals surface area (Å²) in [5.41, 5.74) is 2.73. The lowest BCUT2D eigenvalue weighted by Gasteiger charge is -2.48. The maximum Gasteiger partial charge on any atom is 0.123 e. The minimum Gasteiger partial charge on any atom is -0.496 e.